The number of guanidine groups is 1. The first-order valence-electron chi connectivity index (χ1n) is 6.08. The molecule has 0 aromatic heterocycles. The van der Waals surface area contributed by atoms with Gasteiger partial charge in [0.25, 0.3) is 0 Å². The van der Waals surface area contributed by atoms with E-state index in [1.54, 1.807) is 0 Å². The molecule has 108 valence electrons. The zero-order valence-corrected chi connectivity index (χ0v) is 14.9. The summed E-state index contributed by atoms with van der Waals surface area (Å²) in [6, 6.07) is 7.03. The predicted molar refractivity (Wildman–Crippen MR) is 99.0 cm³/mol. The van der Waals surface area contributed by atoms with Crippen LogP contribution in [-0.4, -0.2) is 35.5 Å². The van der Waals surface area contributed by atoms with Crippen LogP contribution in [0.3, 0.4) is 0 Å². The van der Waals surface area contributed by atoms with E-state index in [-0.39, 0.29) is 30.0 Å². The summed E-state index contributed by atoms with van der Waals surface area (Å²) in [6.07, 6.45) is 5.55. The molecule has 1 aliphatic rings. The van der Waals surface area contributed by atoms with Crippen molar-refractivity contribution in [1.29, 1.82) is 0 Å². The Hall–Kier alpha value is -0.580. The summed E-state index contributed by atoms with van der Waals surface area (Å²) in [5.74, 6) is 5.35. The summed E-state index contributed by atoms with van der Waals surface area (Å²) in [5.41, 5.74) is 6.97. The summed E-state index contributed by atoms with van der Waals surface area (Å²) >= 11 is 7.80. The van der Waals surface area contributed by atoms with Crippen molar-refractivity contribution in [1.82, 2.24) is 4.90 Å². The van der Waals surface area contributed by atoms with E-state index in [1.807, 2.05) is 36.0 Å². The van der Waals surface area contributed by atoms with Crippen molar-refractivity contribution in [3.8, 4) is 12.3 Å². The molecular weight excluding hydrogens is 405 g/mol. The predicted octanol–water partition coefficient (Wildman–Crippen LogP) is 3.00. The van der Waals surface area contributed by atoms with Gasteiger partial charge in [-0.15, -0.1) is 30.4 Å². The number of terminal acetylenes is 1. The Morgan fingerprint density at radius 2 is 1.95 bits per heavy atom. The molecule has 0 bridgehead atoms. The molecule has 1 heterocycles. The normalized spacial score (nSPS) is 17.0. The van der Waals surface area contributed by atoms with Crippen LogP contribution in [-0.2, 0) is 0 Å². The van der Waals surface area contributed by atoms with Gasteiger partial charge < -0.3 is 10.6 Å². The van der Waals surface area contributed by atoms with Crippen LogP contribution in [0.1, 0.15) is 11.6 Å². The van der Waals surface area contributed by atoms with Crippen molar-refractivity contribution in [3.05, 3.63) is 34.9 Å². The molecule has 6 heteroatoms. The molecule has 1 aromatic carbocycles. The van der Waals surface area contributed by atoms with E-state index < -0.39 is 0 Å². The van der Waals surface area contributed by atoms with Crippen molar-refractivity contribution >= 4 is 53.3 Å². The van der Waals surface area contributed by atoms with Gasteiger partial charge in [-0.3, -0.25) is 0 Å². The first-order chi connectivity index (χ1) is 9.20. The second-order valence-corrected chi connectivity index (χ2v) is 5.87. The quantitative estimate of drug-likeness (QED) is 0.345. The Labute approximate surface area is 146 Å². The Kier molecular flexibility index (Phi) is 7.56. The molecule has 1 saturated heterocycles. The minimum atomic E-state index is -0.355. The molecule has 3 nitrogen and oxygen atoms in total. The van der Waals surface area contributed by atoms with E-state index in [4.69, 9.17) is 23.8 Å². The molecule has 20 heavy (non-hydrogen) atoms. The van der Waals surface area contributed by atoms with Gasteiger partial charge >= 0.3 is 0 Å². The molecule has 0 saturated carbocycles. The van der Waals surface area contributed by atoms with E-state index in [2.05, 4.69) is 15.8 Å². The number of aliphatic imine (C=N–C) groups is 1. The summed E-state index contributed by atoms with van der Waals surface area (Å²) < 4.78 is 0. The summed E-state index contributed by atoms with van der Waals surface area (Å²) in [6.45, 7) is 1.86. The van der Waals surface area contributed by atoms with Gasteiger partial charge in [-0.2, -0.15) is 11.8 Å². The molecule has 0 aliphatic carbocycles. The fourth-order valence-corrected chi connectivity index (χ4v) is 2.89. The Morgan fingerprint density at radius 1 is 1.35 bits per heavy atom. The number of benzene rings is 1. The van der Waals surface area contributed by atoms with Crippen LogP contribution < -0.4 is 5.73 Å². The maximum absolute atomic E-state index is 6.04. The lowest BCUT2D eigenvalue weighted by Crippen LogP contribution is -2.42. The SMILES string of the molecule is C#CC(N=C(N)N1CCSCC1)c1ccc(Cl)cc1.I. The van der Waals surface area contributed by atoms with Crippen LogP contribution in [0, 0.1) is 12.3 Å². The molecule has 1 aromatic rings. The third-order valence-electron chi connectivity index (χ3n) is 2.94. The number of rotatable bonds is 2. The number of halogens is 2. The molecule has 0 amide bonds. The monoisotopic (exact) mass is 421 g/mol. The largest absolute Gasteiger partial charge is 0.370 e. The van der Waals surface area contributed by atoms with E-state index in [0.29, 0.717) is 11.0 Å². The average Bonchev–Trinajstić information content (AvgIpc) is 2.46. The van der Waals surface area contributed by atoms with Crippen LogP contribution in [0.5, 0.6) is 0 Å². The smallest absolute Gasteiger partial charge is 0.192 e. The molecule has 2 rings (SSSR count). The highest BCUT2D eigenvalue weighted by Gasteiger charge is 2.14. The third-order valence-corrected chi connectivity index (χ3v) is 4.13. The maximum atomic E-state index is 6.04. The van der Waals surface area contributed by atoms with Crippen LogP contribution >= 0.6 is 47.3 Å². The third kappa shape index (κ3) is 4.76. The molecule has 1 fully saturated rings. The van der Waals surface area contributed by atoms with Gasteiger partial charge in [0.15, 0.2) is 5.96 Å². The van der Waals surface area contributed by atoms with Crippen molar-refractivity contribution in [3.63, 3.8) is 0 Å². The molecule has 0 radical (unpaired) electrons. The number of nitrogens with two attached hydrogens (primary N) is 1. The highest BCUT2D eigenvalue weighted by atomic mass is 127. The van der Waals surface area contributed by atoms with Crippen LogP contribution in [0.4, 0.5) is 0 Å². The molecule has 1 unspecified atom stereocenters. The highest BCUT2D eigenvalue weighted by Crippen LogP contribution is 2.19. The zero-order valence-electron chi connectivity index (χ0n) is 11.0. The summed E-state index contributed by atoms with van der Waals surface area (Å²) in [4.78, 5) is 6.53. The van der Waals surface area contributed by atoms with E-state index in [1.165, 1.54) is 0 Å². The lowest BCUT2D eigenvalue weighted by atomic mass is 10.1. The van der Waals surface area contributed by atoms with Crippen LogP contribution in [0.2, 0.25) is 5.02 Å². The summed E-state index contributed by atoms with van der Waals surface area (Å²) in [5, 5.41) is 0.685. The first kappa shape index (κ1) is 17.5. The summed E-state index contributed by atoms with van der Waals surface area (Å²) in [7, 11) is 0. The molecule has 2 N–H and O–H groups in total. The molecule has 1 atom stereocenters. The van der Waals surface area contributed by atoms with Gasteiger partial charge in [0.1, 0.15) is 6.04 Å². The maximum Gasteiger partial charge on any atom is 0.192 e. The van der Waals surface area contributed by atoms with Crippen molar-refractivity contribution in [2.45, 2.75) is 6.04 Å². The Morgan fingerprint density at radius 3 is 2.50 bits per heavy atom. The highest BCUT2D eigenvalue weighted by molar-refractivity contribution is 14.0. The van der Waals surface area contributed by atoms with Gasteiger partial charge in [-0.25, -0.2) is 4.99 Å². The van der Waals surface area contributed by atoms with Gasteiger partial charge in [0.05, 0.1) is 0 Å². The van der Waals surface area contributed by atoms with Gasteiger partial charge in [-0.05, 0) is 17.7 Å². The number of thioether (sulfide) groups is 1. The fourth-order valence-electron chi connectivity index (χ4n) is 1.86. The second-order valence-electron chi connectivity index (χ2n) is 4.21. The van der Waals surface area contributed by atoms with E-state index >= 15 is 0 Å². The second kappa shape index (κ2) is 8.65. The molecule has 0 spiro atoms. The van der Waals surface area contributed by atoms with Crippen molar-refractivity contribution < 1.29 is 0 Å². The van der Waals surface area contributed by atoms with Crippen LogP contribution in [0.15, 0.2) is 29.3 Å². The Balaban J connectivity index is 0.00000200. The van der Waals surface area contributed by atoms with Gasteiger partial charge in [0, 0.05) is 29.6 Å². The van der Waals surface area contributed by atoms with Gasteiger partial charge in [0.2, 0.25) is 0 Å². The number of hydrogen-bond acceptors (Lipinski definition) is 2. The van der Waals surface area contributed by atoms with Crippen LogP contribution in [0.25, 0.3) is 0 Å². The lowest BCUT2D eigenvalue weighted by molar-refractivity contribution is 0.454. The molecular formula is C14H17ClIN3S. The lowest BCUT2D eigenvalue weighted by Gasteiger charge is -2.27. The number of nitrogens with zero attached hydrogens (tertiary/aromatic N) is 2. The standard InChI is InChI=1S/C14H16ClN3S.HI/c1-2-13(11-3-5-12(15)6-4-11)17-14(16)18-7-9-19-10-8-18;/h1,3-6,13H,7-10H2,(H2,16,17);1H. The topological polar surface area (TPSA) is 41.6 Å². The minimum Gasteiger partial charge on any atom is -0.370 e. The van der Waals surface area contributed by atoms with Gasteiger partial charge in [-0.1, -0.05) is 29.7 Å². The van der Waals surface area contributed by atoms with E-state index in [0.717, 1.165) is 30.2 Å². The van der Waals surface area contributed by atoms with E-state index in [9.17, 15) is 0 Å². The Bertz CT molecular complexity index is 492. The average molecular weight is 422 g/mol. The minimum absolute atomic E-state index is 0. The van der Waals surface area contributed by atoms with Crippen molar-refractivity contribution in [2.24, 2.45) is 10.7 Å². The zero-order chi connectivity index (χ0) is 13.7. The first-order valence-corrected chi connectivity index (χ1v) is 7.61. The fraction of sp³-hybridized carbons (Fsp3) is 0.357. The molecule has 1 aliphatic heterocycles. The van der Waals surface area contributed by atoms with Crippen molar-refractivity contribution in [2.75, 3.05) is 24.6 Å². The number of hydrogen-bond donors (Lipinski definition) is 1.